The van der Waals surface area contributed by atoms with E-state index in [9.17, 15) is 5.11 Å². The van der Waals surface area contributed by atoms with Gasteiger partial charge < -0.3 is 9.84 Å². The van der Waals surface area contributed by atoms with Gasteiger partial charge in [0.1, 0.15) is 11.4 Å². The molecule has 1 fully saturated rings. The molecule has 0 aromatic carbocycles. The molecule has 0 atom stereocenters. The van der Waals surface area contributed by atoms with Crippen molar-refractivity contribution in [1.82, 2.24) is 0 Å². The maximum atomic E-state index is 9.59. The van der Waals surface area contributed by atoms with E-state index in [0.29, 0.717) is 12.4 Å². The molecule has 0 spiro atoms. The molecule has 0 bridgehead atoms. The van der Waals surface area contributed by atoms with Gasteiger partial charge in [-0.15, -0.1) is 0 Å². The van der Waals surface area contributed by atoms with Crippen LogP contribution in [0.4, 0.5) is 0 Å². The van der Waals surface area contributed by atoms with E-state index in [2.05, 4.69) is 6.58 Å². The Morgan fingerprint density at radius 2 is 2.30 bits per heavy atom. The summed E-state index contributed by atoms with van der Waals surface area (Å²) in [5.41, 5.74) is -0.685. The maximum Gasteiger partial charge on any atom is 0.121 e. The summed E-state index contributed by atoms with van der Waals surface area (Å²) < 4.78 is 5.10. The lowest BCUT2D eigenvalue weighted by molar-refractivity contribution is -0.0452. The zero-order valence-corrected chi connectivity index (χ0v) is 6.39. The molecule has 0 saturated heterocycles. The first-order valence-corrected chi connectivity index (χ1v) is 3.73. The molecule has 2 nitrogen and oxygen atoms in total. The molecule has 58 valence electrons. The summed E-state index contributed by atoms with van der Waals surface area (Å²) in [6, 6.07) is 0. The second-order valence-electron chi connectivity index (χ2n) is 2.74. The third kappa shape index (κ3) is 1.16. The average Bonchev–Trinajstić information content (AvgIpc) is 1.83. The van der Waals surface area contributed by atoms with Gasteiger partial charge in [-0.1, -0.05) is 6.58 Å². The predicted octanol–water partition coefficient (Wildman–Crippen LogP) is 1.45. The molecule has 0 aromatic rings. The van der Waals surface area contributed by atoms with Crippen molar-refractivity contribution in [3.63, 3.8) is 0 Å². The van der Waals surface area contributed by atoms with E-state index in [1.54, 1.807) is 0 Å². The normalized spacial score (nSPS) is 21.4. The highest BCUT2D eigenvalue weighted by Gasteiger charge is 2.38. The van der Waals surface area contributed by atoms with Crippen molar-refractivity contribution in [2.45, 2.75) is 31.8 Å². The van der Waals surface area contributed by atoms with Crippen LogP contribution >= 0.6 is 0 Å². The highest BCUT2D eigenvalue weighted by Crippen LogP contribution is 2.37. The van der Waals surface area contributed by atoms with Crippen LogP contribution in [-0.2, 0) is 4.74 Å². The summed E-state index contributed by atoms with van der Waals surface area (Å²) in [4.78, 5) is 0. The van der Waals surface area contributed by atoms with E-state index in [-0.39, 0.29) is 0 Å². The molecule has 0 unspecified atom stereocenters. The fraction of sp³-hybridized carbons (Fsp3) is 0.750. The van der Waals surface area contributed by atoms with Crippen LogP contribution in [0.5, 0.6) is 0 Å². The molecule has 2 heteroatoms. The van der Waals surface area contributed by atoms with Crippen LogP contribution in [0.15, 0.2) is 12.3 Å². The van der Waals surface area contributed by atoms with Gasteiger partial charge in [0, 0.05) is 0 Å². The topological polar surface area (TPSA) is 29.5 Å². The smallest absolute Gasteiger partial charge is 0.121 e. The molecule has 1 saturated carbocycles. The Bertz CT molecular complexity index is 136. The number of hydrogen-bond donors (Lipinski definition) is 1. The summed E-state index contributed by atoms with van der Waals surface area (Å²) in [5.74, 6) is 0.543. The Labute approximate surface area is 61.5 Å². The van der Waals surface area contributed by atoms with Crippen LogP contribution in [0, 0.1) is 0 Å². The van der Waals surface area contributed by atoms with Gasteiger partial charge in [-0.05, 0) is 26.2 Å². The van der Waals surface area contributed by atoms with Crippen molar-refractivity contribution >= 4 is 0 Å². The van der Waals surface area contributed by atoms with Crippen LogP contribution in [0.25, 0.3) is 0 Å². The Balaban J connectivity index is 2.39. The number of rotatable bonds is 3. The van der Waals surface area contributed by atoms with Crippen LogP contribution in [-0.4, -0.2) is 17.3 Å². The number of aliphatic hydroxyl groups is 1. The number of hydrogen-bond acceptors (Lipinski definition) is 2. The quantitative estimate of drug-likeness (QED) is 0.604. The molecule has 0 aliphatic heterocycles. The minimum atomic E-state index is -0.685. The van der Waals surface area contributed by atoms with Crippen LogP contribution in [0.1, 0.15) is 26.2 Å². The first-order valence-electron chi connectivity index (χ1n) is 3.73. The fourth-order valence-corrected chi connectivity index (χ4v) is 1.10. The third-order valence-corrected chi connectivity index (χ3v) is 2.02. The first-order chi connectivity index (χ1) is 4.69. The van der Waals surface area contributed by atoms with Gasteiger partial charge in [-0.3, -0.25) is 0 Å². The lowest BCUT2D eigenvalue weighted by atomic mass is 9.79. The predicted molar refractivity (Wildman–Crippen MR) is 39.6 cm³/mol. The third-order valence-electron chi connectivity index (χ3n) is 2.02. The van der Waals surface area contributed by atoms with Gasteiger partial charge in [0.05, 0.1) is 6.61 Å². The van der Waals surface area contributed by atoms with E-state index in [1.807, 2.05) is 6.92 Å². The molecule has 0 aromatic heterocycles. The van der Waals surface area contributed by atoms with E-state index in [1.165, 1.54) is 0 Å². The summed E-state index contributed by atoms with van der Waals surface area (Å²) >= 11 is 0. The van der Waals surface area contributed by atoms with Crippen molar-refractivity contribution in [1.29, 1.82) is 0 Å². The molecule has 1 aliphatic carbocycles. The standard InChI is InChI=1S/C8H14O2/c1-3-10-7(2)8(9)5-4-6-8/h9H,2-6H2,1H3. The highest BCUT2D eigenvalue weighted by molar-refractivity contribution is 5.10. The van der Waals surface area contributed by atoms with Crippen molar-refractivity contribution in [3.05, 3.63) is 12.3 Å². The number of ether oxygens (including phenoxy) is 1. The monoisotopic (exact) mass is 142 g/mol. The summed E-state index contributed by atoms with van der Waals surface area (Å²) in [7, 11) is 0. The molecule has 10 heavy (non-hydrogen) atoms. The Morgan fingerprint density at radius 1 is 1.70 bits per heavy atom. The van der Waals surface area contributed by atoms with Gasteiger partial charge in [0.2, 0.25) is 0 Å². The summed E-state index contributed by atoms with van der Waals surface area (Å²) in [6.45, 7) is 6.16. The SMILES string of the molecule is C=C(OCC)C1(O)CCC1. The Morgan fingerprint density at radius 3 is 2.60 bits per heavy atom. The van der Waals surface area contributed by atoms with Crippen LogP contribution < -0.4 is 0 Å². The van der Waals surface area contributed by atoms with Gasteiger partial charge in [0.25, 0.3) is 0 Å². The molecule has 0 amide bonds. The lowest BCUT2D eigenvalue weighted by Gasteiger charge is -2.37. The molecule has 0 radical (unpaired) electrons. The van der Waals surface area contributed by atoms with Gasteiger partial charge >= 0.3 is 0 Å². The van der Waals surface area contributed by atoms with E-state index in [0.717, 1.165) is 19.3 Å². The second-order valence-corrected chi connectivity index (χ2v) is 2.74. The van der Waals surface area contributed by atoms with Crippen molar-refractivity contribution in [2.75, 3.05) is 6.61 Å². The Kier molecular flexibility index (Phi) is 2.00. The van der Waals surface area contributed by atoms with Crippen molar-refractivity contribution in [2.24, 2.45) is 0 Å². The minimum absolute atomic E-state index is 0.543. The molecular weight excluding hydrogens is 128 g/mol. The molecule has 1 aliphatic rings. The lowest BCUT2D eigenvalue weighted by Crippen LogP contribution is -2.39. The maximum absolute atomic E-state index is 9.59. The largest absolute Gasteiger partial charge is 0.496 e. The van der Waals surface area contributed by atoms with E-state index in [4.69, 9.17) is 4.74 Å². The van der Waals surface area contributed by atoms with Gasteiger partial charge in [0.15, 0.2) is 0 Å². The zero-order valence-electron chi connectivity index (χ0n) is 6.39. The van der Waals surface area contributed by atoms with Gasteiger partial charge in [-0.2, -0.15) is 0 Å². The van der Waals surface area contributed by atoms with Gasteiger partial charge in [-0.25, -0.2) is 0 Å². The molecule has 0 heterocycles. The van der Waals surface area contributed by atoms with E-state index >= 15 is 0 Å². The van der Waals surface area contributed by atoms with Crippen molar-refractivity contribution in [3.8, 4) is 0 Å². The minimum Gasteiger partial charge on any atom is -0.496 e. The Hall–Kier alpha value is -0.500. The summed E-state index contributed by atoms with van der Waals surface area (Å²) in [6.07, 6.45) is 2.71. The fourth-order valence-electron chi connectivity index (χ4n) is 1.10. The van der Waals surface area contributed by atoms with Crippen LogP contribution in [0.3, 0.4) is 0 Å². The molecular formula is C8H14O2. The first kappa shape index (κ1) is 7.61. The molecule has 1 rings (SSSR count). The second kappa shape index (κ2) is 2.62. The van der Waals surface area contributed by atoms with Crippen molar-refractivity contribution < 1.29 is 9.84 Å². The molecule has 1 N–H and O–H groups in total. The van der Waals surface area contributed by atoms with E-state index < -0.39 is 5.60 Å². The average molecular weight is 142 g/mol. The summed E-state index contributed by atoms with van der Waals surface area (Å²) in [5, 5.41) is 9.59. The van der Waals surface area contributed by atoms with Crippen LogP contribution in [0.2, 0.25) is 0 Å². The zero-order chi connectivity index (χ0) is 7.61. The highest BCUT2D eigenvalue weighted by atomic mass is 16.5.